The van der Waals surface area contributed by atoms with Crippen LogP contribution in [0.3, 0.4) is 0 Å². The van der Waals surface area contributed by atoms with Gasteiger partial charge in [0.25, 0.3) is 5.91 Å². The number of anilines is 2. The van der Waals surface area contributed by atoms with E-state index >= 15 is 0 Å². The van der Waals surface area contributed by atoms with Gasteiger partial charge in [0.15, 0.2) is 5.78 Å². The molecule has 5 nitrogen and oxygen atoms in total. The van der Waals surface area contributed by atoms with Crippen LogP contribution >= 0.6 is 0 Å². The van der Waals surface area contributed by atoms with E-state index in [1.165, 1.54) is 12.1 Å². The molecule has 6 rings (SSSR count). The number of methoxy groups -OCH3 is 1. The van der Waals surface area contributed by atoms with Crippen LogP contribution < -0.4 is 15.0 Å². The van der Waals surface area contributed by atoms with Crippen LogP contribution in [0.25, 0.3) is 0 Å². The zero-order valence-corrected chi connectivity index (χ0v) is 22.4. The highest BCUT2D eigenvalue weighted by molar-refractivity contribution is 6.12. The quantitative estimate of drug-likeness (QED) is 0.298. The summed E-state index contributed by atoms with van der Waals surface area (Å²) in [6.07, 6.45) is 0.888. The minimum atomic E-state index is -0.733. The van der Waals surface area contributed by atoms with Crippen molar-refractivity contribution in [1.82, 2.24) is 0 Å². The third-order valence-electron chi connectivity index (χ3n) is 7.75. The Kier molecular flexibility index (Phi) is 6.68. The number of halogens is 1. The van der Waals surface area contributed by atoms with Gasteiger partial charge in [0.1, 0.15) is 11.6 Å². The zero-order valence-electron chi connectivity index (χ0n) is 22.4. The second-order valence-corrected chi connectivity index (χ2v) is 10.3. The number of benzene rings is 4. The summed E-state index contributed by atoms with van der Waals surface area (Å²) in [5, 5.41) is 3.55. The van der Waals surface area contributed by atoms with E-state index in [2.05, 4.69) is 5.32 Å². The van der Waals surface area contributed by atoms with Gasteiger partial charge < -0.3 is 10.1 Å². The Morgan fingerprint density at radius 1 is 0.900 bits per heavy atom. The number of amides is 1. The molecule has 1 N–H and O–H groups in total. The molecule has 4 aromatic carbocycles. The number of fused-ring (bicyclic) bond motifs is 1. The Morgan fingerprint density at radius 2 is 1.60 bits per heavy atom. The molecule has 1 aliphatic carbocycles. The first-order valence-corrected chi connectivity index (χ1v) is 13.3. The number of carbonyl (C=O) groups excluding carboxylic acids is 2. The summed E-state index contributed by atoms with van der Waals surface area (Å²) < 4.78 is 19.4. The number of carbonyl (C=O) groups is 2. The fraction of sp³-hybridized carbons (Fsp3) is 0.176. The summed E-state index contributed by atoms with van der Waals surface area (Å²) in [4.78, 5) is 30.1. The number of hydrogen-bond donors (Lipinski definition) is 1. The summed E-state index contributed by atoms with van der Waals surface area (Å²) in [7, 11) is 1.63. The summed E-state index contributed by atoms with van der Waals surface area (Å²) >= 11 is 0. The first-order chi connectivity index (χ1) is 19.4. The number of nitrogens with zero attached hydrogens (tertiary/aromatic N) is 1. The van der Waals surface area contributed by atoms with Crippen molar-refractivity contribution < 1.29 is 18.7 Å². The molecule has 0 bridgehead atoms. The minimum Gasteiger partial charge on any atom is -0.497 e. The fourth-order valence-corrected chi connectivity index (χ4v) is 5.76. The lowest BCUT2D eigenvalue weighted by atomic mass is 9.78. The predicted molar refractivity (Wildman–Crippen MR) is 154 cm³/mol. The maximum absolute atomic E-state index is 14.3. The van der Waals surface area contributed by atoms with Gasteiger partial charge in [0, 0.05) is 23.3 Å². The smallest absolute Gasteiger partial charge is 0.259 e. The van der Waals surface area contributed by atoms with E-state index < -0.39 is 6.04 Å². The van der Waals surface area contributed by atoms with E-state index in [4.69, 9.17) is 4.74 Å². The van der Waals surface area contributed by atoms with Gasteiger partial charge >= 0.3 is 0 Å². The number of nitrogens with one attached hydrogen (secondary N) is 1. The number of hydrogen-bond acceptors (Lipinski definition) is 4. The molecular formula is C34H29FN2O3. The van der Waals surface area contributed by atoms with Crippen LogP contribution in [0.1, 0.15) is 51.8 Å². The van der Waals surface area contributed by atoms with E-state index in [0.717, 1.165) is 28.3 Å². The number of allylic oxidation sites excluding steroid dienone is 1. The molecule has 2 aliphatic rings. The van der Waals surface area contributed by atoms with Crippen LogP contribution in [0.5, 0.6) is 5.75 Å². The van der Waals surface area contributed by atoms with Gasteiger partial charge in [-0.3, -0.25) is 14.5 Å². The van der Waals surface area contributed by atoms with Crippen molar-refractivity contribution in [3.05, 3.63) is 136 Å². The second-order valence-electron chi connectivity index (χ2n) is 10.3. The number of rotatable bonds is 4. The summed E-state index contributed by atoms with van der Waals surface area (Å²) in [5.41, 5.74) is 5.94. The topological polar surface area (TPSA) is 58.6 Å². The third kappa shape index (κ3) is 4.66. The van der Waals surface area contributed by atoms with E-state index in [0.29, 0.717) is 35.2 Å². The molecule has 2 atom stereocenters. The minimum absolute atomic E-state index is 0.0382. The van der Waals surface area contributed by atoms with Gasteiger partial charge in [-0.05, 0) is 84.5 Å². The molecule has 0 unspecified atom stereocenters. The monoisotopic (exact) mass is 532 g/mol. The zero-order chi connectivity index (χ0) is 27.8. The maximum atomic E-state index is 14.3. The molecule has 0 saturated carbocycles. The van der Waals surface area contributed by atoms with Gasteiger partial charge in [-0.2, -0.15) is 0 Å². The van der Waals surface area contributed by atoms with Crippen LogP contribution in [0.15, 0.2) is 108 Å². The summed E-state index contributed by atoms with van der Waals surface area (Å²) in [5.74, 6) is 0.0658. The van der Waals surface area contributed by atoms with Crippen LogP contribution in [-0.4, -0.2) is 18.8 Å². The van der Waals surface area contributed by atoms with Crippen molar-refractivity contribution in [2.45, 2.75) is 31.7 Å². The fourth-order valence-electron chi connectivity index (χ4n) is 5.76. The van der Waals surface area contributed by atoms with Gasteiger partial charge in [-0.15, -0.1) is 0 Å². The van der Waals surface area contributed by atoms with Crippen molar-refractivity contribution in [3.8, 4) is 5.75 Å². The Bertz CT molecular complexity index is 1610. The van der Waals surface area contributed by atoms with Crippen LogP contribution in [0.4, 0.5) is 15.8 Å². The molecule has 0 radical (unpaired) electrons. The van der Waals surface area contributed by atoms with E-state index in [-0.39, 0.29) is 23.4 Å². The van der Waals surface area contributed by atoms with E-state index in [1.54, 1.807) is 36.3 Å². The van der Waals surface area contributed by atoms with Crippen molar-refractivity contribution in [2.24, 2.45) is 0 Å². The molecule has 200 valence electrons. The van der Waals surface area contributed by atoms with Crippen molar-refractivity contribution in [3.63, 3.8) is 0 Å². The third-order valence-corrected chi connectivity index (χ3v) is 7.75. The maximum Gasteiger partial charge on any atom is 0.259 e. The Hall–Kier alpha value is -4.71. The number of aryl methyl sites for hydroxylation is 1. The average Bonchev–Trinajstić information content (AvgIpc) is 3.12. The van der Waals surface area contributed by atoms with Gasteiger partial charge in [-0.25, -0.2) is 4.39 Å². The summed E-state index contributed by atoms with van der Waals surface area (Å²) in [6, 6.07) is 28.1. The molecule has 0 spiro atoms. The molecule has 1 aliphatic heterocycles. The highest BCUT2D eigenvalue weighted by Crippen LogP contribution is 2.48. The highest BCUT2D eigenvalue weighted by atomic mass is 19.1. The van der Waals surface area contributed by atoms with Crippen LogP contribution in [-0.2, 0) is 4.79 Å². The molecule has 0 fully saturated rings. The van der Waals surface area contributed by atoms with Gasteiger partial charge in [0.2, 0.25) is 0 Å². The standard InChI is InChI=1S/C34H29FN2O3/c1-21-8-17-28-30(18-21)37(34(39)24-6-4-3-5-7-24)33(23-9-13-26(35)14-10-23)32-29(36-28)19-25(20-31(32)38)22-11-15-27(40-2)16-12-22/h3-18,25,33,36H,19-20H2,1-2H3/t25-,33-/m1/s1. The first kappa shape index (κ1) is 25.6. The normalized spacial score (nSPS) is 18.4. The molecule has 1 heterocycles. The lowest BCUT2D eigenvalue weighted by molar-refractivity contribution is -0.116. The van der Waals surface area contributed by atoms with Gasteiger partial charge in [-0.1, -0.05) is 48.5 Å². The largest absolute Gasteiger partial charge is 0.497 e. The molecule has 0 aromatic heterocycles. The van der Waals surface area contributed by atoms with Crippen molar-refractivity contribution in [1.29, 1.82) is 0 Å². The number of ether oxygens (including phenoxy) is 1. The lowest BCUT2D eigenvalue weighted by Crippen LogP contribution is -2.38. The number of Topliss-reactive ketones (excluding diaryl/α,β-unsaturated/α-hetero) is 1. The first-order valence-electron chi connectivity index (χ1n) is 13.3. The highest BCUT2D eigenvalue weighted by Gasteiger charge is 2.42. The van der Waals surface area contributed by atoms with E-state index in [1.807, 2.05) is 67.6 Å². The second kappa shape index (κ2) is 10.5. The van der Waals surface area contributed by atoms with Crippen molar-refractivity contribution >= 4 is 23.1 Å². The number of ketones is 1. The van der Waals surface area contributed by atoms with Crippen LogP contribution in [0.2, 0.25) is 0 Å². The molecule has 40 heavy (non-hydrogen) atoms. The Morgan fingerprint density at radius 3 is 2.30 bits per heavy atom. The summed E-state index contributed by atoms with van der Waals surface area (Å²) in [6.45, 7) is 1.97. The molecule has 1 amide bonds. The van der Waals surface area contributed by atoms with E-state index in [9.17, 15) is 14.0 Å². The predicted octanol–water partition coefficient (Wildman–Crippen LogP) is 7.36. The van der Waals surface area contributed by atoms with Crippen molar-refractivity contribution in [2.75, 3.05) is 17.3 Å². The van der Waals surface area contributed by atoms with Gasteiger partial charge in [0.05, 0.1) is 24.5 Å². The molecular weight excluding hydrogens is 503 g/mol. The molecule has 4 aromatic rings. The average molecular weight is 533 g/mol. The SMILES string of the molecule is COc1ccc([C@H]2CC(=O)C3=C(C2)Nc2ccc(C)cc2N(C(=O)c2ccccc2)[C@@H]3c2ccc(F)cc2)cc1. The molecule has 0 saturated heterocycles. The Balaban J connectivity index is 1.55. The Labute approximate surface area is 232 Å². The molecule has 6 heteroatoms. The lowest BCUT2D eigenvalue weighted by Gasteiger charge is -2.35. The van der Waals surface area contributed by atoms with Crippen LogP contribution in [0, 0.1) is 12.7 Å².